The molecular weight excluding hydrogens is 326 g/mol. The summed E-state index contributed by atoms with van der Waals surface area (Å²) in [5.41, 5.74) is 2.61. The molecule has 26 heavy (non-hydrogen) atoms. The maximum Gasteiger partial charge on any atom is 0.227 e. The van der Waals surface area contributed by atoms with Gasteiger partial charge in [-0.15, -0.1) is 0 Å². The first-order chi connectivity index (χ1) is 12.6. The summed E-state index contributed by atoms with van der Waals surface area (Å²) >= 11 is 0. The van der Waals surface area contributed by atoms with Gasteiger partial charge in [0.05, 0.1) is 12.5 Å². The topological polar surface area (TPSA) is 67.6 Å². The zero-order valence-corrected chi connectivity index (χ0v) is 14.9. The number of piperazine rings is 1. The zero-order chi connectivity index (χ0) is 18.5. The van der Waals surface area contributed by atoms with E-state index in [9.17, 15) is 15.2 Å². The van der Waals surface area contributed by atoms with Crippen molar-refractivity contribution in [3.05, 3.63) is 65.2 Å². The van der Waals surface area contributed by atoms with Gasteiger partial charge in [0.1, 0.15) is 11.8 Å². The molecular formula is C21H23N3O2. The Balaban J connectivity index is 1.58. The highest BCUT2D eigenvalue weighted by atomic mass is 16.3. The number of hydrogen-bond donors (Lipinski definition) is 1. The van der Waals surface area contributed by atoms with E-state index >= 15 is 0 Å². The predicted molar refractivity (Wildman–Crippen MR) is 99.5 cm³/mol. The molecule has 1 fully saturated rings. The number of carbonyl (C=O) groups excluding carboxylic acids is 1. The molecule has 1 aliphatic heterocycles. The molecule has 2 aromatic rings. The smallest absolute Gasteiger partial charge is 0.227 e. The second-order valence-corrected chi connectivity index (χ2v) is 6.66. The molecule has 1 amide bonds. The average Bonchev–Trinajstić information content (AvgIpc) is 2.67. The molecule has 134 valence electrons. The monoisotopic (exact) mass is 349 g/mol. The second kappa shape index (κ2) is 8.03. The fourth-order valence-corrected chi connectivity index (χ4v) is 3.28. The maximum absolute atomic E-state index is 12.5. The van der Waals surface area contributed by atoms with Crippen LogP contribution in [-0.4, -0.2) is 47.0 Å². The molecule has 1 unspecified atom stereocenters. The number of hydrogen-bond acceptors (Lipinski definition) is 4. The Labute approximate surface area is 154 Å². The lowest BCUT2D eigenvalue weighted by atomic mass is 10.1. The molecule has 2 aromatic carbocycles. The minimum Gasteiger partial charge on any atom is -0.508 e. The third-order valence-electron chi connectivity index (χ3n) is 4.90. The highest BCUT2D eigenvalue weighted by Gasteiger charge is 2.26. The van der Waals surface area contributed by atoms with Gasteiger partial charge in [-0.3, -0.25) is 9.69 Å². The van der Waals surface area contributed by atoms with E-state index in [0.29, 0.717) is 26.2 Å². The van der Waals surface area contributed by atoms with Gasteiger partial charge in [-0.05, 0) is 29.7 Å². The normalized spacial score (nSPS) is 16.1. The number of phenolic OH excluding ortho intramolecular Hbond substituents is 1. The minimum absolute atomic E-state index is 0.0566. The molecule has 1 atom stereocenters. The number of rotatable bonds is 4. The van der Waals surface area contributed by atoms with E-state index in [2.05, 4.69) is 11.0 Å². The Kier molecular flexibility index (Phi) is 5.55. The van der Waals surface area contributed by atoms with Gasteiger partial charge in [0.25, 0.3) is 0 Å². The molecule has 0 bridgehead atoms. The number of phenols is 1. The molecule has 0 radical (unpaired) electrons. The van der Waals surface area contributed by atoms with E-state index in [1.165, 1.54) is 0 Å². The van der Waals surface area contributed by atoms with Gasteiger partial charge in [-0.25, -0.2) is 0 Å². The SMILES string of the molecule is Cc1ccc(CC(=O)N2CCN(C(C#N)c3ccccc3)CC2)cc1O. The van der Waals surface area contributed by atoms with Gasteiger partial charge in [0.15, 0.2) is 0 Å². The van der Waals surface area contributed by atoms with Crippen LogP contribution in [0, 0.1) is 18.3 Å². The van der Waals surface area contributed by atoms with Crippen molar-refractivity contribution in [3.63, 3.8) is 0 Å². The van der Waals surface area contributed by atoms with Crippen LogP contribution < -0.4 is 0 Å². The van der Waals surface area contributed by atoms with Crippen LogP contribution in [0.3, 0.4) is 0 Å². The zero-order valence-electron chi connectivity index (χ0n) is 14.9. The molecule has 5 heteroatoms. The van der Waals surface area contributed by atoms with Crippen LogP contribution in [0.15, 0.2) is 48.5 Å². The number of benzene rings is 2. The summed E-state index contributed by atoms with van der Waals surface area (Å²) in [6.45, 7) is 4.41. The van der Waals surface area contributed by atoms with Crippen molar-refractivity contribution in [3.8, 4) is 11.8 Å². The summed E-state index contributed by atoms with van der Waals surface area (Å²) in [5.74, 6) is 0.279. The second-order valence-electron chi connectivity index (χ2n) is 6.66. The number of nitrogens with zero attached hydrogens (tertiary/aromatic N) is 3. The number of amides is 1. The van der Waals surface area contributed by atoms with Crippen LogP contribution >= 0.6 is 0 Å². The van der Waals surface area contributed by atoms with Crippen molar-refractivity contribution in [2.24, 2.45) is 0 Å². The number of carbonyl (C=O) groups is 1. The molecule has 0 spiro atoms. The van der Waals surface area contributed by atoms with E-state index in [1.807, 2.05) is 54.3 Å². The molecule has 1 heterocycles. The van der Waals surface area contributed by atoms with Crippen LogP contribution in [0.4, 0.5) is 0 Å². The number of aromatic hydroxyl groups is 1. The standard InChI is InChI=1S/C21H23N3O2/c1-16-7-8-17(13-20(16)25)14-21(26)24-11-9-23(10-12-24)19(15-22)18-5-3-2-4-6-18/h2-8,13,19,25H,9-12,14H2,1H3. The Bertz CT molecular complexity index is 806. The minimum atomic E-state index is -0.275. The quantitative estimate of drug-likeness (QED) is 0.921. The summed E-state index contributed by atoms with van der Waals surface area (Å²) in [6, 6.07) is 17.2. The molecule has 1 N–H and O–H groups in total. The molecule has 3 rings (SSSR count). The summed E-state index contributed by atoms with van der Waals surface area (Å²) in [4.78, 5) is 16.5. The lowest BCUT2D eigenvalue weighted by Gasteiger charge is -2.37. The van der Waals surface area contributed by atoms with Crippen molar-refractivity contribution in [1.82, 2.24) is 9.80 Å². The summed E-state index contributed by atoms with van der Waals surface area (Å²) in [6.07, 6.45) is 0.286. The molecule has 1 aliphatic rings. The first-order valence-electron chi connectivity index (χ1n) is 8.83. The number of nitriles is 1. The van der Waals surface area contributed by atoms with Gasteiger partial charge in [-0.2, -0.15) is 5.26 Å². The largest absolute Gasteiger partial charge is 0.508 e. The molecule has 1 saturated heterocycles. The van der Waals surface area contributed by atoms with Crippen molar-refractivity contribution in [2.45, 2.75) is 19.4 Å². The lowest BCUT2D eigenvalue weighted by Crippen LogP contribution is -2.49. The van der Waals surface area contributed by atoms with Gasteiger partial charge in [0.2, 0.25) is 5.91 Å². The van der Waals surface area contributed by atoms with E-state index < -0.39 is 0 Å². The predicted octanol–water partition coefficient (Wildman–Crippen LogP) is 2.65. The highest BCUT2D eigenvalue weighted by Crippen LogP contribution is 2.22. The first kappa shape index (κ1) is 18.0. The van der Waals surface area contributed by atoms with Crippen molar-refractivity contribution < 1.29 is 9.90 Å². The van der Waals surface area contributed by atoms with Crippen molar-refractivity contribution >= 4 is 5.91 Å². The van der Waals surface area contributed by atoms with Gasteiger partial charge in [-0.1, -0.05) is 42.5 Å². The summed E-state index contributed by atoms with van der Waals surface area (Å²) in [5, 5.41) is 19.3. The van der Waals surface area contributed by atoms with Gasteiger partial charge >= 0.3 is 0 Å². The van der Waals surface area contributed by atoms with Crippen LogP contribution in [0.25, 0.3) is 0 Å². The Morgan fingerprint density at radius 1 is 1.15 bits per heavy atom. The Morgan fingerprint density at radius 3 is 2.46 bits per heavy atom. The van der Waals surface area contributed by atoms with E-state index in [0.717, 1.165) is 16.7 Å². The fourth-order valence-electron chi connectivity index (χ4n) is 3.28. The van der Waals surface area contributed by atoms with Crippen molar-refractivity contribution in [1.29, 1.82) is 5.26 Å². The third-order valence-corrected chi connectivity index (χ3v) is 4.90. The van der Waals surface area contributed by atoms with Gasteiger partial charge < -0.3 is 10.0 Å². The van der Waals surface area contributed by atoms with Crippen LogP contribution in [0.2, 0.25) is 0 Å². The van der Waals surface area contributed by atoms with Gasteiger partial charge in [0, 0.05) is 26.2 Å². The molecule has 0 aliphatic carbocycles. The van der Waals surface area contributed by atoms with E-state index in [4.69, 9.17) is 0 Å². The fraction of sp³-hybridized carbons (Fsp3) is 0.333. The van der Waals surface area contributed by atoms with Crippen molar-refractivity contribution in [2.75, 3.05) is 26.2 Å². The summed E-state index contributed by atoms with van der Waals surface area (Å²) in [7, 11) is 0. The molecule has 5 nitrogen and oxygen atoms in total. The Morgan fingerprint density at radius 2 is 1.85 bits per heavy atom. The van der Waals surface area contributed by atoms with Crippen LogP contribution in [-0.2, 0) is 11.2 Å². The Hall–Kier alpha value is -2.84. The van der Waals surface area contributed by atoms with E-state index in [1.54, 1.807) is 6.07 Å². The lowest BCUT2D eigenvalue weighted by molar-refractivity contribution is -0.132. The molecule has 0 saturated carbocycles. The highest BCUT2D eigenvalue weighted by molar-refractivity contribution is 5.79. The third kappa shape index (κ3) is 4.04. The first-order valence-corrected chi connectivity index (χ1v) is 8.83. The molecule has 0 aromatic heterocycles. The van der Waals surface area contributed by atoms with E-state index in [-0.39, 0.29) is 24.1 Å². The number of aryl methyl sites for hydroxylation is 1. The average molecular weight is 349 g/mol. The van der Waals surface area contributed by atoms with Crippen LogP contribution in [0.1, 0.15) is 22.7 Å². The summed E-state index contributed by atoms with van der Waals surface area (Å²) < 4.78 is 0. The van der Waals surface area contributed by atoms with Crippen LogP contribution in [0.5, 0.6) is 5.75 Å². The maximum atomic E-state index is 12.5.